The molecule has 2 fully saturated rings. The van der Waals surface area contributed by atoms with E-state index in [1.165, 1.54) is 0 Å². The van der Waals surface area contributed by atoms with Crippen molar-refractivity contribution in [3.63, 3.8) is 0 Å². The normalized spacial score (nSPS) is 16.3. The number of rotatable bonds is 26. The van der Waals surface area contributed by atoms with Crippen LogP contribution in [0.1, 0.15) is 152 Å². The number of carbonyl (C=O) groups is 5. The van der Waals surface area contributed by atoms with Gasteiger partial charge in [0.1, 0.15) is 64.4 Å². The highest BCUT2D eigenvalue weighted by Gasteiger charge is 2.36. The molecule has 2 aromatic carbocycles. The van der Waals surface area contributed by atoms with E-state index in [-0.39, 0.29) is 81.9 Å². The number of ether oxygens (including phenoxy) is 3. The van der Waals surface area contributed by atoms with E-state index in [9.17, 15) is 50.3 Å². The number of nitrogens with two attached hydrogens (primary N) is 2. The van der Waals surface area contributed by atoms with Crippen molar-refractivity contribution in [2.45, 2.75) is 154 Å². The first-order chi connectivity index (χ1) is 34.3. The number of unbranched alkanes of at least 4 members (excludes halogenated alkanes) is 4. The van der Waals surface area contributed by atoms with Crippen LogP contribution in [0.3, 0.4) is 0 Å². The zero-order valence-electron chi connectivity index (χ0n) is 41.3. The van der Waals surface area contributed by atoms with Crippen LogP contribution < -0.4 is 31.6 Å². The van der Waals surface area contributed by atoms with E-state index in [2.05, 4.69) is 25.6 Å². The fraction of sp³-hybridized carbons (Fsp3) is 0.549. The Labute approximate surface area is 419 Å². The van der Waals surface area contributed by atoms with Crippen LogP contribution in [0.15, 0.2) is 41.7 Å². The third-order valence-corrected chi connectivity index (χ3v) is 11.9. The van der Waals surface area contributed by atoms with Gasteiger partial charge in [-0.15, -0.1) is 0 Å². The molecule has 73 heavy (non-hydrogen) atoms. The van der Waals surface area contributed by atoms with Crippen LogP contribution in [-0.4, -0.2) is 94.9 Å². The lowest BCUT2D eigenvalue weighted by molar-refractivity contribution is -0.138. The van der Waals surface area contributed by atoms with Crippen LogP contribution in [-0.2, 0) is 52.4 Å². The van der Waals surface area contributed by atoms with E-state index in [0.717, 1.165) is 36.7 Å². The molecule has 0 radical (unpaired) electrons. The highest BCUT2D eigenvalue weighted by Crippen LogP contribution is 2.39. The molecule has 7 N–H and O–H groups in total. The van der Waals surface area contributed by atoms with Gasteiger partial charge in [0.15, 0.2) is 11.6 Å². The Morgan fingerprint density at radius 1 is 0.630 bits per heavy atom. The molecule has 2 aliphatic heterocycles. The van der Waals surface area contributed by atoms with Gasteiger partial charge in [-0.1, -0.05) is 12.8 Å². The summed E-state index contributed by atoms with van der Waals surface area (Å²) in [5, 5.41) is 13.6. The number of Topliss-reactive ketones (excluding diaryl/α,β-unsaturated/α-hetero) is 4. The maximum absolute atomic E-state index is 14.5. The predicted molar refractivity (Wildman–Crippen MR) is 258 cm³/mol. The van der Waals surface area contributed by atoms with E-state index < -0.39 is 90.4 Å². The average molecular weight is 1030 g/mol. The number of ketones is 4. The molecule has 1 amide bonds. The molecule has 0 saturated carbocycles. The quantitative estimate of drug-likeness (QED) is 0.0167. The van der Waals surface area contributed by atoms with Gasteiger partial charge in [-0.05, 0) is 103 Å². The standard InChI is InChI=1S/C51H64F6N8O8/c1-49(2,3)73-48(70)65-45(60)13-9-5-7-11-37(67)23-31-19-35(51(55,56)57)21-33(47(31)72-39-15-17-62-28-39)25-43(69)41-26-40(63-29-64-41)42(68)24-32-20-34(50(52,53)54)18-30(46(32)71-38-14-16-61-27-38)22-36(66)10-6-4-8-12-44(58)59/h18-21,26,29,38-39,61-62H,4-17,22-25,27-28H2,1-3H3,(H3,58,59)(H2,60,65,70)/t38-,39-/m1/s1. The summed E-state index contributed by atoms with van der Waals surface area (Å²) in [6.07, 6.45) is -8.53. The Balaban J connectivity index is 1.37. The van der Waals surface area contributed by atoms with Crippen LogP contribution >= 0.6 is 0 Å². The molecule has 0 aliphatic carbocycles. The lowest BCUT2D eigenvalue weighted by Gasteiger charge is -2.22. The van der Waals surface area contributed by atoms with E-state index in [0.29, 0.717) is 84.0 Å². The maximum atomic E-state index is 14.5. The highest BCUT2D eigenvalue weighted by atomic mass is 19.4. The van der Waals surface area contributed by atoms with Crippen molar-refractivity contribution in [2.24, 2.45) is 16.5 Å². The van der Waals surface area contributed by atoms with Crippen molar-refractivity contribution in [3.05, 3.63) is 81.4 Å². The molecule has 2 aliphatic rings. The van der Waals surface area contributed by atoms with Gasteiger partial charge >= 0.3 is 18.4 Å². The van der Waals surface area contributed by atoms with Crippen molar-refractivity contribution >= 4 is 40.9 Å². The van der Waals surface area contributed by atoms with Crippen LogP contribution in [0.25, 0.3) is 0 Å². The molecule has 3 aromatic rings. The predicted octanol–water partition coefficient (Wildman–Crippen LogP) is 8.20. The van der Waals surface area contributed by atoms with Gasteiger partial charge < -0.3 is 36.3 Å². The summed E-state index contributed by atoms with van der Waals surface area (Å²) in [5.41, 5.74) is 6.99. The number of hydrogen-bond donors (Lipinski definition) is 5. The van der Waals surface area contributed by atoms with E-state index >= 15 is 0 Å². The fourth-order valence-corrected chi connectivity index (χ4v) is 8.32. The number of benzene rings is 2. The smallest absolute Gasteiger partial charge is 0.435 e. The van der Waals surface area contributed by atoms with Crippen LogP contribution in [0.2, 0.25) is 0 Å². The van der Waals surface area contributed by atoms with Gasteiger partial charge in [-0.2, -0.15) is 31.3 Å². The number of aromatic nitrogens is 2. The zero-order chi connectivity index (χ0) is 53.5. The molecular weight excluding hydrogens is 967 g/mol. The number of halogens is 6. The Morgan fingerprint density at radius 2 is 1.04 bits per heavy atom. The molecule has 0 unspecified atom stereocenters. The van der Waals surface area contributed by atoms with Crippen molar-refractivity contribution < 1.29 is 64.5 Å². The van der Waals surface area contributed by atoms with E-state index in [1.807, 2.05) is 0 Å². The largest absolute Gasteiger partial charge is 0.488 e. The van der Waals surface area contributed by atoms with Crippen LogP contribution in [0, 0.1) is 5.41 Å². The first-order valence-corrected chi connectivity index (χ1v) is 24.4. The van der Waals surface area contributed by atoms with Crippen molar-refractivity contribution in [1.29, 1.82) is 5.41 Å². The molecule has 2 atom stereocenters. The molecule has 2 saturated heterocycles. The molecule has 3 heterocycles. The molecule has 398 valence electrons. The minimum atomic E-state index is -4.90. The molecule has 16 nitrogen and oxygen atoms in total. The Kier molecular flexibility index (Phi) is 20.6. The van der Waals surface area contributed by atoms with Crippen molar-refractivity contribution in [2.75, 3.05) is 26.2 Å². The molecule has 0 bridgehead atoms. The third kappa shape index (κ3) is 18.9. The second-order valence-corrected chi connectivity index (χ2v) is 19.4. The van der Waals surface area contributed by atoms with Gasteiger partial charge in [0.2, 0.25) is 0 Å². The van der Waals surface area contributed by atoms with Gasteiger partial charge in [0.25, 0.3) is 0 Å². The van der Waals surface area contributed by atoms with E-state index in [4.69, 9.17) is 31.1 Å². The zero-order valence-corrected chi connectivity index (χ0v) is 41.3. The second kappa shape index (κ2) is 26.1. The lowest BCUT2D eigenvalue weighted by Crippen LogP contribution is -2.24. The lowest BCUT2D eigenvalue weighted by atomic mass is 9.94. The van der Waals surface area contributed by atoms with Crippen LogP contribution in [0.5, 0.6) is 11.5 Å². The number of carbonyl (C=O) groups excluding carboxylic acids is 5. The summed E-state index contributed by atoms with van der Waals surface area (Å²) in [4.78, 5) is 78.3. The topological polar surface area (TPSA) is 251 Å². The minimum Gasteiger partial charge on any atom is -0.488 e. The second-order valence-electron chi connectivity index (χ2n) is 19.4. The monoisotopic (exact) mass is 1030 g/mol. The first-order valence-electron chi connectivity index (χ1n) is 24.4. The summed E-state index contributed by atoms with van der Waals surface area (Å²) in [7, 11) is 0. The number of amidine groups is 2. The molecule has 0 spiro atoms. The van der Waals surface area contributed by atoms with Crippen molar-refractivity contribution in [1.82, 2.24) is 20.6 Å². The van der Waals surface area contributed by atoms with E-state index in [1.54, 1.807) is 20.8 Å². The van der Waals surface area contributed by atoms with Gasteiger partial charge in [-0.3, -0.25) is 24.6 Å². The van der Waals surface area contributed by atoms with Crippen molar-refractivity contribution in [3.8, 4) is 11.5 Å². The Bertz CT molecular complexity index is 2500. The van der Waals surface area contributed by atoms with Crippen LogP contribution in [0.4, 0.5) is 31.1 Å². The first kappa shape index (κ1) is 57.6. The van der Waals surface area contributed by atoms with Gasteiger partial charge in [-0.25, -0.2) is 14.8 Å². The molecule has 22 heteroatoms. The average Bonchev–Trinajstić information content (AvgIpc) is 4.02. The number of nitrogens with zero attached hydrogens (tertiary/aromatic N) is 3. The summed E-state index contributed by atoms with van der Waals surface area (Å²) in [5.74, 6) is -2.52. The summed E-state index contributed by atoms with van der Waals surface area (Å²) >= 11 is 0. The summed E-state index contributed by atoms with van der Waals surface area (Å²) < 4.78 is 104. The third-order valence-electron chi connectivity index (χ3n) is 11.9. The number of nitrogens with one attached hydrogen (secondary N) is 3. The molecular formula is C51H64F6N8O8. The number of hydrogen-bond acceptors (Lipinski definition) is 13. The van der Waals surface area contributed by atoms with Gasteiger partial charge in [0.05, 0.1) is 17.0 Å². The maximum Gasteiger partial charge on any atom is 0.435 e. The summed E-state index contributed by atoms with van der Waals surface area (Å²) in [6.45, 7) is 6.86. The summed E-state index contributed by atoms with van der Waals surface area (Å²) in [6, 6.07) is 4.22. The van der Waals surface area contributed by atoms with Gasteiger partial charge in [0, 0.05) is 86.7 Å². The fourth-order valence-electron chi connectivity index (χ4n) is 8.32. The Morgan fingerprint density at radius 3 is 1.42 bits per heavy atom. The number of alkyl halides is 6. The molecule has 5 rings (SSSR count). The highest BCUT2D eigenvalue weighted by molar-refractivity contribution is 6.01. The SMILES string of the molecule is CC(C)(C)OC(=O)N=C(N)CCCCCC(=O)Cc1cc(C(F)(F)F)cc(CC(=O)c2cc(C(=O)Cc3cc(C(F)(F)F)cc(CC(=O)CCCCCC(=N)N)c3O[C@@H]3CCNC3)ncn2)c1O[C@@H]1CCNC1. The minimum absolute atomic E-state index is 0.00660. The molecule has 1 aromatic heterocycles. The Hall–Kier alpha value is -6.29. The number of aliphatic imine (C=N–C) groups is 1. The number of amides is 1.